The van der Waals surface area contributed by atoms with Crippen molar-refractivity contribution in [2.75, 3.05) is 68.6 Å². The molecule has 3 fully saturated rings. The molecule has 0 aliphatic carbocycles. The van der Waals surface area contributed by atoms with Crippen LogP contribution in [0, 0.1) is 0 Å². The molecule has 0 amide bonds. The van der Waals surface area contributed by atoms with E-state index in [0.717, 1.165) is 64.2 Å². The predicted molar refractivity (Wildman–Crippen MR) is 141 cm³/mol. The molecule has 210 valence electrons. The minimum atomic E-state index is -4.60. The predicted octanol–water partition coefficient (Wildman–Crippen LogP) is 4.06. The summed E-state index contributed by atoms with van der Waals surface area (Å²) in [5.74, 6) is 0.696. The Kier molecular flexibility index (Phi) is 9.61. The minimum Gasteiger partial charge on any atom is -0.384 e. The third-order valence-electron chi connectivity index (χ3n) is 7.10. The first-order valence-electron chi connectivity index (χ1n) is 13.5. The van der Waals surface area contributed by atoms with Gasteiger partial charge in [-0.25, -0.2) is 9.97 Å². The number of nitrogens with zero attached hydrogens (tertiary/aromatic N) is 5. The lowest BCUT2D eigenvalue weighted by Gasteiger charge is -2.39. The van der Waals surface area contributed by atoms with E-state index in [4.69, 9.17) is 15.2 Å². The van der Waals surface area contributed by atoms with Crippen molar-refractivity contribution in [3.8, 4) is 11.3 Å². The van der Waals surface area contributed by atoms with E-state index in [0.29, 0.717) is 44.1 Å². The van der Waals surface area contributed by atoms with Gasteiger partial charge in [0.05, 0.1) is 24.5 Å². The van der Waals surface area contributed by atoms with Gasteiger partial charge in [-0.05, 0) is 31.7 Å². The largest absolute Gasteiger partial charge is 0.417 e. The van der Waals surface area contributed by atoms with Gasteiger partial charge in [-0.1, -0.05) is 13.8 Å². The summed E-state index contributed by atoms with van der Waals surface area (Å²) < 4.78 is 52.5. The summed E-state index contributed by atoms with van der Waals surface area (Å²) in [6.07, 6.45) is 0.531. The number of halogens is 3. The average molecular weight is 538 g/mol. The smallest absolute Gasteiger partial charge is 0.384 e. The van der Waals surface area contributed by atoms with Crippen LogP contribution in [0.4, 0.5) is 30.8 Å². The molecule has 5 heterocycles. The van der Waals surface area contributed by atoms with E-state index in [9.17, 15) is 13.2 Å². The molecule has 0 atom stereocenters. The second kappa shape index (κ2) is 12.9. The van der Waals surface area contributed by atoms with Crippen molar-refractivity contribution in [1.82, 2.24) is 19.9 Å². The van der Waals surface area contributed by atoms with E-state index in [-0.39, 0.29) is 23.1 Å². The van der Waals surface area contributed by atoms with Gasteiger partial charge in [0.1, 0.15) is 11.6 Å². The maximum Gasteiger partial charge on any atom is 0.417 e. The van der Waals surface area contributed by atoms with Crippen LogP contribution in [0.15, 0.2) is 18.3 Å². The zero-order chi connectivity index (χ0) is 27.1. The molecule has 38 heavy (non-hydrogen) atoms. The van der Waals surface area contributed by atoms with Gasteiger partial charge in [0.15, 0.2) is 0 Å². The van der Waals surface area contributed by atoms with E-state index in [1.807, 2.05) is 18.7 Å². The van der Waals surface area contributed by atoms with Crippen molar-refractivity contribution >= 4 is 17.6 Å². The molecule has 2 aromatic rings. The summed E-state index contributed by atoms with van der Waals surface area (Å²) in [5, 5.41) is 3.48. The number of anilines is 3. The molecule has 0 radical (unpaired) electrons. The summed E-state index contributed by atoms with van der Waals surface area (Å²) in [6.45, 7) is 9.73. The third kappa shape index (κ3) is 7.03. The lowest BCUT2D eigenvalue weighted by atomic mass is 9.99. The van der Waals surface area contributed by atoms with Crippen LogP contribution in [0.2, 0.25) is 0 Å². The number of hydrogen-bond donors (Lipinski definition) is 2. The molecule has 5 rings (SSSR count). The monoisotopic (exact) mass is 537 g/mol. The topological polar surface area (TPSA) is 102 Å². The van der Waals surface area contributed by atoms with Gasteiger partial charge in [0.2, 0.25) is 5.95 Å². The van der Waals surface area contributed by atoms with Crippen molar-refractivity contribution in [3.05, 3.63) is 23.9 Å². The van der Waals surface area contributed by atoms with Crippen LogP contribution < -0.4 is 16.0 Å². The molecule has 0 saturated carbocycles. The van der Waals surface area contributed by atoms with E-state index in [2.05, 4.69) is 25.2 Å². The van der Waals surface area contributed by atoms with Crippen LogP contribution in [0.25, 0.3) is 11.3 Å². The zero-order valence-electron chi connectivity index (χ0n) is 22.1. The highest BCUT2D eigenvalue weighted by atomic mass is 19.4. The molecule has 2 aromatic heterocycles. The van der Waals surface area contributed by atoms with E-state index < -0.39 is 11.7 Å². The van der Waals surface area contributed by atoms with Gasteiger partial charge >= 0.3 is 6.18 Å². The molecule has 0 bridgehead atoms. The first-order chi connectivity index (χ1) is 18.4. The number of hydrogen-bond acceptors (Lipinski definition) is 9. The van der Waals surface area contributed by atoms with Gasteiger partial charge in [-0.2, -0.15) is 18.2 Å². The number of aromatic nitrogens is 3. The number of alkyl halides is 3. The van der Waals surface area contributed by atoms with Gasteiger partial charge in [0.25, 0.3) is 0 Å². The highest BCUT2D eigenvalue weighted by Crippen LogP contribution is 2.38. The number of nitrogens with two attached hydrogens (primary N) is 1. The van der Waals surface area contributed by atoms with Crippen molar-refractivity contribution in [1.29, 1.82) is 0 Å². The Morgan fingerprint density at radius 2 is 1.58 bits per heavy atom. The normalized spacial score (nSPS) is 20.1. The number of morpholine rings is 1. The van der Waals surface area contributed by atoms with Crippen molar-refractivity contribution in [3.63, 3.8) is 0 Å². The van der Waals surface area contributed by atoms with Crippen molar-refractivity contribution in [2.24, 2.45) is 0 Å². The number of nitrogens with one attached hydrogen (secondary N) is 1. The summed E-state index contributed by atoms with van der Waals surface area (Å²) in [6, 6.07) is 3.17. The highest BCUT2D eigenvalue weighted by Gasteiger charge is 2.35. The molecule has 0 unspecified atom stereocenters. The van der Waals surface area contributed by atoms with Crippen LogP contribution in [-0.2, 0) is 15.7 Å². The van der Waals surface area contributed by atoms with Crippen LogP contribution in [-0.4, -0.2) is 84.5 Å². The Balaban J connectivity index is 0.00000164. The SMILES string of the molecule is CC.Nc1cc(C(F)(F)F)c(-c2cc(NC3CCN(C4CCOCC4)CC3)nc(N3CCOCC3)n2)cn1. The number of ether oxygens (including phenoxy) is 2. The van der Waals surface area contributed by atoms with Crippen molar-refractivity contribution < 1.29 is 22.6 Å². The Morgan fingerprint density at radius 1 is 0.921 bits per heavy atom. The molecule has 3 aliphatic rings. The summed E-state index contributed by atoms with van der Waals surface area (Å²) in [5.41, 5.74) is 4.76. The summed E-state index contributed by atoms with van der Waals surface area (Å²) in [7, 11) is 0. The fourth-order valence-corrected chi connectivity index (χ4v) is 5.13. The lowest BCUT2D eigenvalue weighted by Crippen LogP contribution is -2.46. The molecule has 0 spiro atoms. The lowest BCUT2D eigenvalue weighted by molar-refractivity contribution is -0.137. The van der Waals surface area contributed by atoms with Crippen molar-refractivity contribution in [2.45, 2.75) is 57.8 Å². The summed E-state index contributed by atoms with van der Waals surface area (Å²) in [4.78, 5) is 17.6. The molecule has 3 saturated heterocycles. The maximum absolute atomic E-state index is 13.9. The fourth-order valence-electron chi connectivity index (χ4n) is 5.13. The van der Waals surface area contributed by atoms with Crippen LogP contribution in [0.3, 0.4) is 0 Å². The molecule has 9 nitrogen and oxygen atoms in total. The second-order valence-corrected chi connectivity index (χ2v) is 9.49. The minimum absolute atomic E-state index is 0.119. The average Bonchev–Trinajstić information content (AvgIpc) is 2.95. The standard InChI is InChI=1S/C24H32F3N7O2.C2H6/c25-24(26,27)19-13-21(28)29-15-18(19)20-14-22(32-23(31-20)34-7-11-36-12-8-34)30-16-1-5-33(6-2-16)17-3-9-35-10-4-17;1-2/h13-17H,1-12H2,(H2,28,29)(H,30,31,32);1-2H3. The Labute approximate surface area is 221 Å². The fraction of sp³-hybridized carbons (Fsp3) is 0.654. The Bertz CT molecular complexity index is 1040. The molecule has 3 N–H and O–H groups in total. The van der Waals surface area contributed by atoms with E-state index in [1.165, 1.54) is 0 Å². The molecular formula is C26H38F3N7O2. The number of nitrogen functional groups attached to an aromatic ring is 1. The van der Waals surface area contributed by atoms with Crippen LogP contribution >= 0.6 is 0 Å². The highest BCUT2D eigenvalue weighted by molar-refractivity contribution is 5.69. The van der Waals surface area contributed by atoms with Gasteiger partial charge in [-0.15, -0.1) is 0 Å². The number of rotatable bonds is 5. The molecular weight excluding hydrogens is 499 g/mol. The number of piperidine rings is 1. The Morgan fingerprint density at radius 3 is 2.24 bits per heavy atom. The van der Waals surface area contributed by atoms with Crippen LogP contribution in [0.1, 0.15) is 45.1 Å². The first kappa shape index (κ1) is 28.3. The van der Waals surface area contributed by atoms with E-state index >= 15 is 0 Å². The van der Waals surface area contributed by atoms with Gasteiger partial charge in [-0.3, -0.25) is 0 Å². The Hall–Kier alpha value is -2.70. The quantitative estimate of drug-likeness (QED) is 0.585. The molecule has 0 aromatic carbocycles. The first-order valence-corrected chi connectivity index (χ1v) is 13.5. The molecule has 12 heteroatoms. The van der Waals surface area contributed by atoms with Crippen LogP contribution in [0.5, 0.6) is 0 Å². The number of likely N-dealkylation sites (tertiary alicyclic amines) is 1. The third-order valence-corrected chi connectivity index (χ3v) is 7.10. The van der Waals surface area contributed by atoms with E-state index in [1.54, 1.807) is 6.07 Å². The molecule has 3 aliphatic heterocycles. The van der Waals surface area contributed by atoms with Gasteiger partial charge < -0.3 is 30.3 Å². The summed E-state index contributed by atoms with van der Waals surface area (Å²) >= 11 is 0. The zero-order valence-corrected chi connectivity index (χ0v) is 22.1. The maximum atomic E-state index is 13.9. The number of pyridine rings is 1. The van der Waals surface area contributed by atoms with Gasteiger partial charge in [0, 0.05) is 69.3 Å². The second-order valence-electron chi connectivity index (χ2n) is 9.49.